The van der Waals surface area contributed by atoms with Gasteiger partial charge in [-0.05, 0) is 24.6 Å². The molecule has 74 valence electrons. The molecule has 1 aromatic rings. The Labute approximate surface area is 83.5 Å². The molecule has 14 heavy (non-hydrogen) atoms. The average molecular weight is 190 g/mol. The van der Waals surface area contributed by atoms with E-state index in [0.29, 0.717) is 6.54 Å². The molecule has 0 saturated heterocycles. The van der Waals surface area contributed by atoms with Crippen LogP contribution in [-0.2, 0) is 0 Å². The molecule has 0 saturated carbocycles. The van der Waals surface area contributed by atoms with Crippen molar-refractivity contribution >= 4 is 11.5 Å². The van der Waals surface area contributed by atoms with Crippen LogP contribution in [0.5, 0.6) is 0 Å². The number of aryl methyl sites for hydroxylation is 1. The Hall–Kier alpha value is -1.35. The summed E-state index contributed by atoms with van der Waals surface area (Å²) in [5.41, 5.74) is 8.64. The molecule has 0 spiro atoms. The molecule has 1 heterocycles. The predicted octanol–water partition coefficient (Wildman–Crippen LogP) is 0.955. The summed E-state index contributed by atoms with van der Waals surface area (Å²) in [6, 6.07) is 5.46. The molecule has 3 nitrogen and oxygen atoms in total. The van der Waals surface area contributed by atoms with Crippen molar-refractivity contribution in [1.82, 2.24) is 0 Å². The maximum atomic E-state index is 11.7. The van der Waals surface area contributed by atoms with E-state index in [0.717, 1.165) is 11.3 Å². The number of rotatable bonds is 0. The number of likely N-dealkylation sites (N-methyl/N-ethyl adjacent to an activating group) is 1. The van der Waals surface area contributed by atoms with E-state index in [1.807, 2.05) is 37.1 Å². The second kappa shape index (κ2) is 3.10. The third-order valence-corrected chi connectivity index (χ3v) is 2.64. The second-order valence-electron chi connectivity index (χ2n) is 3.87. The fourth-order valence-electron chi connectivity index (χ4n) is 1.84. The van der Waals surface area contributed by atoms with Gasteiger partial charge >= 0.3 is 0 Å². The van der Waals surface area contributed by atoms with Crippen LogP contribution in [0.3, 0.4) is 0 Å². The smallest absolute Gasteiger partial charge is 0.183 e. The van der Waals surface area contributed by atoms with Crippen molar-refractivity contribution in [3.63, 3.8) is 0 Å². The monoisotopic (exact) mass is 190 g/mol. The van der Waals surface area contributed by atoms with Gasteiger partial charge in [-0.15, -0.1) is 0 Å². The Kier molecular flexibility index (Phi) is 2.04. The summed E-state index contributed by atoms with van der Waals surface area (Å²) < 4.78 is 0. The SMILES string of the molecule is Cc1ccc2c(c1)N(C)CC(N)C2=O. The van der Waals surface area contributed by atoms with Gasteiger partial charge in [-0.25, -0.2) is 0 Å². The lowest BCUT2D eigenvalue weighted by Crippen LogP contribution is -2.46. The van der Waals surface area contributed by atoms with E-state index in [4.69, 9.17) is 5.73 Å². The van der Waals surface area contributed by atoms with E-state index in [9.17, 15) is 4.79 Å². The van der Waals surface area contributed by atoms with Crippen molar-refractivity contribution in [2.75, 3.05) is 18.5 Å². The number of anilines is 1. The van der Waals surface area contributed by atoms with Crippen LogP contribution in [-0.4, -0.2) is 25.4 Å². The van der Waals surface area contributed by atoms with Crippen LogP contribution in [0.15, 0.2) is 18.2 Å². The minimum Gasteiger partial charge on any atom is -0.372 e. The lowest BCUT2D eigenvalue weighted by atomic mass is 9.96. The van der Waals surface area contributed by atoms with Gasteiger partial charge in [0.05, 0.1) is 6.04 Å². The first-order valence-corrected chi connectivity index (χ1v) is 4.71. The quantitative estimate of drug-likeness (QED) is 0.662. The Bertz CT molecular complexity index is 387. The van der Waals surface area contributed by atoms with Gasteiger partial charge in [0.25, 0.3) is 0 Å². The summed E-state index contributed by atoms with van der Waals surface area (Å²) in [5.74, 6) is 0.0538. The maximum Gasteiger partial charge on any atom is 0.183 e. The molecule has 1 aliphatic heterocycles. The lowest BCUT2D eigenvalue weighted by Gasteiger charge is -2.30. The second-order valence-corrected chi connectivity index (χ2v) is 3.87. The zero-order chi connectivity index (χ0) is 10.3. The van der Waals surface area contributed by atoms with E-state index in [1.165, 1.54) is 5.56 Å². The van der Waals surface area contributed by atoms with Gasteiger partial charge in [0, 0.05) is 24.8 Å². The number of hydrogen-bond donors (Lipinski definition) is 1. The van der Waals surface area contributed by atoms with E-state index in [-0.39, 0.29) is 11.8 Å². The van der Waals surface area contributed by atoms with E-state index in [2.05, 4.69) is 0 Å². The van der Waals surface area contributed by atoms with Crippen LogP contribution >= 0.6 is 0 Å². The number of fused-ring (bicyclic) bond motifs is 1. The first-order chi connectivity index (χ1) is 6.59. The Balaban J connectivity index is 2.56. The highest BCUT2D eigenvalue weighted by molar-refractivity contribution is 6.06. The molecule has 0 bridgehead atoms. The predicted molar refractivity (Wildman–Crippen MR) is 56.8 cm³/mol. The molecule has 0 aliphatic carbocycles. The van der Waals surface area contributed by atoms with Gasteiger partial charge in [0.1, 0.15) is 0 Å². The van der Waals surface area contributed by atoms with E-state index in [1.54, 1.807) is 0 Å². The number of benzene rings is 1. The highest BCUT2D eigenvalue weighted by Gasteiger charge is 2.27. The third-order valence-electron chi connectivity index (χ3n) is 2.64. The molecular weight excluding hydrogens is 176 g/mol. The van der Waals surface area contributed by atoms with Gasteiger partial charge in [0.2, 0.25) is 0 Å². The fourth-order valence-corrected chi connectivity index (χ4v) is 1.84. The first-order valence-electron chi connectivity index (χ1n) is 4.71. The first kappa shape index (κ1) is 9.21. The molecule has 2 N–H and O–H groups in total. The summed E-state index contributed by atoms with van der Waals surface area (Å²) in [6.45, 7) is 2.63. The Morgan fingerprint density at radius 1 is 1.50 bits per heavy atom. The highest BCUT2D eigenvalue weighted by Crippen LogP contribution is 2.26. The molecule has 0 fully saturated rings. The highest BCUT2D eigenvalue weighted by atomic mass is 16.1. The van der Waals surface area contributed by atoms with Gasteiger partial charge in [0.15, 0.2) is 5.78 Å². The summed E-state index contributed by atoms with van der Waals surface area (Å²) >= 11 is 0. The van der Waals surface area contributed by atoms with Crippen molar-refractivity contribution in [3.05, 3.63) is 29.3 Å². The van der Waals surface area contributed by atoms with Crippen LogP contribution in [0.2, 0.25) is 0 Å². The zero-order valence-electron chi connectivity index (χ0n) is 8.45. The molecule has 0 aromatic heterocycles. The van der Waals surface area contributed by atoms with Crippen LogP contribution in [0.1, 0.15) is 15.9 Å². The van der Waals surface area contributed by atoms with Crippen molar-refractivity contribution < 1.29 is 4.79 Å². The number of carbonyl (C=O) groups excluding carboxylic acids is 1. The lowest BCUT2D eigenvalue weighted by molar-refractivity contribution is 0.0958. The molecule has 0 radical (unpaired) electrons. The van der Waals surface area contributed by atoms with Crippen molar-refractivity contribution in [2.45, 2.75) is 13.0 Å². The molecule has 1 aliphatic rings. The van der Waals surface area contributed by atoms with Gasteiger partial charge in [-0.3, -0.25) is 4.79 Å². The number of carbonyl (C=O) groups is 1. The number of hydrogen-bond acceptors (Lipinski definition) is 3. The van der Waals surface area contributed by atoms with Gasteiger partial charge in [-0.2, -0.15) is 0 Å². The van der Waals surface area contributed by atoms with Crippen molar-refractivity contribution in [3.8, 4) is 0 Å². The molecule has 1 atom stereocenters. The molecule has 0 amide bonds. The molecule has 1 aromatic carbocycles. The minimum atomic E-state index is -0.379. The zero-order valence-corrected chi connectivity index (χ0v) is 8.45. The Morgan fingerprint density at radius 2 is 2.21 bits per heavy atom. The van der Waals surface area contributed by atoms with Crippen LogP contribution in [0.4, 0.5) is 5.69 Å². The topological polar surface area (TPSA) is 46.3 Å². The van der Waals surface area contributed by atoms with Crippen LogP contribution < -0.4 is 10.6 Å². The minimum absolute atomic E-state index is 0.0538. The summed E-state index contributed by atoms with van der Waals surface area (Å²) in [5, 5.41) is 0. The van der Waals surface area contributed by atoms with Crippen LogP contribution in [0, 0.1) is 6.92 Å². The molecular formula is C11H14N2O. The Morgan fingerprint density at radius 3 is 2.93 bits per heavy atom. The number of Topliss-reactive ketones (excluding diaryl/α,β-unsaturated/α-hetero) is 1. The van der Waals surface area contributed by atoms with Crippen molar-refractivity contribution in [1.29, 1.82) is 0 Å². The fraction of sp³-hybridized carbons (Fsp3) is 0.364. The van der Waals surface area contributed by atoms with Gasteiger partial charge < -0.3 is 10.6 Å². The van der Waals surface area contributed by atoms with Crippen LogP contribution in [0.25, 0.3) is 0 Å². The number of nitrogens with two attached hydrogens (primary N) is 1. The number of nitrogens with zero attached hydrogens (tertiary/aromatic N) is 1. The average Bonchev–Trinajstić information content (AvgIpc) is 2.14. The third kappa shape index (κ3) is 1.30. The van der Waals surface area contributed by atoms with E-state index >= 15 is 0 Å². The standard InChI is InChI=1S/C11H14N2O/c1-7-3-4-8-10(5-7)13(2)6-9(12)11(8)14/h3-5,9H,6,12H2,1-2H3. The largest absolute Gasteiger partial charge is 0.372 e. The van der Waals surface area contributed by atoms with E-state index < -0.39 is 0 Å². The maximum absolute atomic E-state index is 11.7. The van der Waals surface area contributed by atoms with Gasteiger partial charge in [-0.1, -0.05) is 6.07 Å². The summed E-state index contributed by atoms with van der Waals surface area (Å²) in [6.07, 6.45) is 0. The number of ketones is 1. The molecule has 2 rings (SSSR count). The molecule has 3 heteroatoms. The molecule has 1 unspecified atom stereocenters. The normalized spacial score (nSPS) is 20.9. The summed E-state index contributed by atoms with van der Waals surface area (Å²) in [7, 11) is 1.96. The summed E-state index contributed by atoms with van der Waals surface area (Å²) in [4.78, 5) is 13.8. The van der Waals surface area contributed by atoms with Crippen molar-refractivity contribution in [2.24, 2.45) is 5.73 Å².